The van der Waals surface area contributed by atoms with Gasteiger partial charge < -0.3 is 9.52 Å². The summed E-state index contributed by atoms with van der Waals surface area (Å²) < 4.78 is 5.34. The van der Waals surface area contributed by atoms with Crippen LogP contribution in [0.4, 0.5) is 0 Å². The monoisotopic (exact) mass is 242 g/mol. The van der Waals surface area contributed by atoms with Crippen LogP contribution in [0, 0.1) is 6.92 Å². The van der Waals surface area contributed by atoms with Gasteiger partial charge in [0.25, 0.3) is 0 Å². The summed E-state index contributed by atoms with van der Waals surface area (Å²) in [6.07, 6.45) is 0. The molecule has 3 rings (SSSR count). The van der Waals surface area contributed by atoms with Gasteiger partial charge in [-0.05, 0) is 6.92 Å². The maximum absolute atomic E-state index is 12.3. The summed E-state index contributed by atoms with van der Waals surface area (Å²) in [5.41, 5.74) is 1.33. The Morgan fingerprint density at radius 3 is 2.33 bits per heavy atom. The number of furan rings is 1. The molecule has 0 spiro atoms. The number of hydrogen-bond donors (Lipinski definition) is 1. The van der Waals surface area contributed by atoms with E-state index in [1.165, 1.54) is 0 Å². The quantitative estimate of drug-likeness (QED) is 0.707. The van der Waals surface area contributed by atoms with Crippen LogP contribution in [0.3, 0.4) is 0 Å². The molecule has 0 radical (unpaired) electrons. The van der Waals surface area contributed by atoms with Gasteiger partial charge in [-0.3, -0.25) is 9.59 Å². The fourth-order valence-electron chi connectivity index (χ4n) is 2.31. The zero-order valence-corrected chi connectivity index (χ0v) is 9.69. The number of carbonyl (C=O) groups is 2. The van der Waals surface area contributed by atoms with Crippen molar-refractivity contribution in [3.05, 3.63) is 58.0 Å². The zero-order chi connectivity index (χ0) is 12.9. The van der Waals surface area contributed by atoms with Gasteiger partial charge in [0.1, 0.15) is 5.76 Å². The Bertz CT molecular complexity index is 679. The zero-order valence-electron chi connectivity index (χ0n) is 9.69. The topological polar surface area (TPSA) is 67.5 Å². The molecular weight excluding hydrogens is 232 g/mol. The van der Waals surface area contributed by atoms with E-state index in [2.05, 4.69) is 0 Å². The second kappa shape index (κ2) is 3.65. The Balaban J connectivity index is 2.34. The van der Waals surface area contributed by atoms with Crippen molar-refractivity contribution in [2.75, 3.05) is 0 Å². The van der Waals surface area contributed by atoms with Crippen molar-refractivity contribution < 1.29 is 19.1 Å². The van der Waals surface area contributed by atoms with Gasteiger partial charge in [0, 0.05) is 16.7 Å². The molecule has 0 unspecified atom stereocenters. The highest BCUT2D eigenvalue weighted by Crippen LogP contribution is 2.32. The minimum absolute atomic E-state index is 0.0419. The molecule has 4 nitrogen and oxygen atoms in total. The van der Waals surface area contributed by atoms with E-state index in [4.69, 9.17) is 4.42 Å². The lowest BCUT2D eigenvalue weighted by Crippen LogP contribution is -2.20. The molecule has 1 heterocycles. The van der Waals surface area contributed by atoms with Crippen molar-refractivity contribution in [2.24, 2.45) is 0 Å². The summed E-state index contributed by atoms with van der Waals surface area (Å²) in [6, 6.07) is 6.63. The average molecular weight is 242 g/mol. The number of carbonyl (C=O) groups excluding carboxylic acids is 2. The molecule has 1 N–H and O–H groups in total. The first-order valence-electron chi connectivity index (χ1n) is 5.56. The maximum Gasteiger partial charge on any atom is 0.229 e. The van der Waals surface area contributed by atoms with Gasteiger partial charge in [-0.2, -0.15) is 0 Å². The Labute approximate surface area is 103 Å². The minimum Gasteiger partial charge on any atom is -0.457 e. The molecule has 0 amide bonds. The molecule has 1 aromatic heterocycles. The van der Waals surface area contributed by atoms with Crippen LogP contribution in [-0.2, 0) is 6.61 Å². The van der Waals surface area contributed by atoms with Crippen LogP contribution in [0.1, 0.15) is 43.4 Å². The largest absolute Gasteiger partial charge is 0.457 e. The van der Waals surface area contributed by atoms with Crippen LogP contribution in [0.15, 0.2) is 28.7 Å². The summed E-state index contributed by atoms with van der Waals surface area (Å²) in [4.78, 5) is 24.5. The Kier molecular flexibility index (Phi) is 2.21. The first kappa shape index (κ1) is 10.9. The minimum atomic E-state index is -0.314. The number of hydrogen-bond acceptors (Lipinski definition) is 4. The molecule has 0 bridgehead atoms. The van der Waals surface area contributed by atoms with Crippen LogP contribution >= 0.6 is 0 Å². The number of benzene rings is 1. The average Bonchev–Trinajstić information content (AvgIpc) is 2.73. The highest BCUT2D eigenvalue weighted by Gasteiger charge is 2.35. The van der Waals surface area contributed by atoms with Gasteiger partial charge in [-0.1, -0.05) is 24.3 Å². The van der Waals surface area contributed by atoms with Gasteiger partial charge in [0.05, 0.1) is 12.2 Å². The molecule has 0 saturated carbocycles. The third-order valence-corrected chi connectivity index (χ3v) is 3.22. The number of fused-ring (bicyclic) bond motifs is 2. The lowest BCUT2D eigenvalue weighted by molar-refractivity contribution is 0.0959. The fourth-order valence-corrected chi connectivity index (χ4v) is 2.31. The molecule has 1 aromatic carbocycles. The third-order valence-electron chi connectivity index (χ3n) is 3.22. The highest BCUT2D eigenvalue weighted by molar-refractivity contribution is 6.27. The normalized spacial score (nSPS) is 13.4. The summed E-state index contributed by atoms with van der Waals surface area (Å²) in [7, 11) is 0. The molecule has 18 heavy (non-hydrogen) atoms. The van der Waals surface area contributed by atoms with Crippen molar-refractivity contribution in [1.29, 1.82) is 0 Å². The Morgan fingerprint density at radius 2 is 1.72 bits per heavy atom. The third kappa shape index (κ3) is 1.23. The number of rotatable bonds is 1. The second-order valence-electron chi connectivity index (χ2n) is 4.20. The number of ketones is 2. The lowest BCUT2D eigenvalue weighted by atomic mass is 9.86. The van der Waals surface area contributed by atoms with Crippen LogP contribution in [0.25, 0.3) is 0 Å². The van der Waals surface area contributed by atoms with E-state index < -0.39 is 0 Å². The molecule has 1 aliphatic rings. The van der Waals surface area contributed by atoms with Crippen molar-refractivity contribution in [2.45, 2.75) is 13.5 Å². The van der Waals surface area contributed by atoms with Crippen molar-refractivity contribution >= 4 is 11.6 Å². The first-order chi connectivity index (χ1) is 8.65. The van der Waals surface area contributed by atoms with Crippen LogP contribution < -0.4 is 0 Å². The van der Waals surface area contributed by atoms with Gasteiger partial charge in [-0.15, -0.1) is 0 Å². The second-order valence-corrected chi connectivity index (χ2v) is 4.20. The molecule has 0 fully saturated rings. The Hall–Kier alpha value is -2.20. The van der Waals surface area contributed by atoms with Crippen LogP contribution in [0.2, 0.25) is 0 Å². The molecule has 4 heteroatoms. The number of aliphatic hydroxyl groups is 1. The molecule has 90 valence electrons. The fraction of sp³-hybridized carbons (Fsp3) is 0.143. The van der Waals surface area contributed by atoms with E-state index >= 15 is 0 Å². The molecular formula is C14H10O4. The van der Waals surface area contributed by atoms with Gasteiger partial charge in [-0.25, -0.2) is 0 Å². The highest BCUT2D eigenvalue weighted by atomic mass is 16.4. The predicted octanol–water partition coefficient (Wildman–Crippen LogP) is 1.86. The van der Waals surface area contributed by atoms with Crippen LogP contribution in [-0.4, -0.2) is 16.7 Å². The lowest BCUT2D eigenvalue weighted by Gasteiger charge is -2.13. The number of aliphatic hydroxyl groups excluding tert-OH is 1. The SMILES string of the molecule is Cc1oc2c(c1CO)C(=O)c1ccccc1C2=O. The van der Waals surface area contributed by atoms with Crippen molar-refractivity contribution in [3.63, 3.8) is 0 Å². The molecule has 0 aliphatic heterocycles. The van der Waals surface area contributed by atoms with Gasteiger partial charge in [0.15, 0.2) is 11.5 Å². The molecule has 0 saturated heterocycles. The molecule has 0 atom stereocenters. The van der Waals surface area contributed by atoms with Gasteiger partial charge >= 0.3 is 0 Å². The van der Waals surface area contributed by atoms with E-state index in [1.807, 2.05) is 0 Å². The van der Waals surface area contributed by atoms with Gasteiger partial charge in [0.2, 0.25) is 5.78 Å². The Morgan fingerprint density at radius 1 is 1.11 bits per heavy atom. The standard InChI is InChI=1S/C14H10O4/c1-7-10(6-15)11-12(16)8-4-2-3-5-9(8)13(17)14(11)18-7/h2-5,15H,6H2,1H3. The van der Waals surface area contributed by atoms with Crippen LogP contribution in [0.5, 0.6) is 0 Å². The van der Waals surface area contributed by atoms with E-state index in [0.717, 1.165) is 0 Å². The first-order valence-corrected chi connectivity index (χ1v) is 5.56. The van der Waals surface area contributed by atoms with E-state index in [-0.39, 0.29) is 29.5 Å². The predicted molar refractivity (Wildman–Crippen MR) is 62.7 cm³/mol. The summed E-state index contributed by atoms with van der Waals surface area (Å²) in [5.74, 6) is -0.110. The van der Waals surface area contributed by atoms with E-state index in [9.17, 15) is 14.7 Å². The smallest absolute Gasteiger partial charge is 0.229 e. The number of aryl methyl sites for hydroxylation is 1. The van der Waals surface area contributed by atoms with Crippen molar-refractivity contribution in [3.8, 4) is 0 Å². The molecule has 1 aliphatic carbocycles. The maximum atomic E-state index is 12.3. The van der Waals surface area contributed by atoms with Crippen molar-refractivity contribution in [1.82, 2.24) is 0 Å². The summed E-state index contributed by atoms with van der Waals surface area (Å²) >= 11 is 0. The van der Waals surface area contributed by atoms with E-state index in [1.54, 1.807) is 31.2 Å². The summed E-state index contributed by atoms with van der Waals surface area (Å²) in [6.45, 7) is 1.32. The van der Waals surface area contributed by atoms with E-state index in [0.29, 0.717) is 22.5 Å². The molecule has 2 aromatic rings. The summed E-state index contributed by atoms with van der Waals surface area (Å²) in [5, 5.41) is 9.29.